The van der Waals surface area contributed by atoms with Crippen LogP contribution in [-0.2, 0) is 14.2 Å². The van der Waals surface area contributed by atoms with Crippen molar-refractivity contribution < 1.29 is 19.0 Å². The number of hydrogen-bond acceptors (Lipinski definition) is 6. The maximum absolute atomic E-state index is 12.3. The fraction of sp³-hybridized carbons (Fsp3) is 0.714. The van der Waals surface area contributed by atoms with Gasteiger partial charge in [-0.3, -0.25) is 0 Å². The molecule has 1 aliphatic carbocycles. The van der Waals surface area contributed by atoms with Gasteiger partial charge in [-0.15, -0.1) is 0 Å². The van der Waals surface area contributed by atoms with Crippen LogP contribution in [0.25, 0.3) is 0 Å². The number of carbonyl (C=O) groups is 1. The molecule has 0 radical (unpaired) electrons. The van der Waals surface area contributed by atoms with Gasteiger partial charge >= 0.3 is 6.09 Å². The van der Waals surface area contributed by atoms with E-state index in [4.69, 9.17) is 19.5 Å². The van der Waals surface area contributed by atoms with E-state index in [1.54, 1.807) is 4.90 Å². The molecule has 1 aromatic carbocycles. The highest BCUT2D eigenvalue weighted by atomic mass is 16.7. The maximum Gasteiger partial charge on any atom is 0.410 e. The van der Waals surface area contributed by atoms with Gasteiger partial charge in [0.25, 0.3) is 0 Å². The van der Waals surface area contributed by atoms with Crippen LogP contribution in [0.2, 0.25) is 0 Å². The number of nitriles is 1. The van der Waals surface area contributed by atoms with E-state index in [-0.39, 0.29) is 17.8 Å². The lowest BCUT2D eigenvalue weighted by Gasteiger charge is -2.52. The molecule has 0 aromatic heterocycles. The average molecular weight is 484 g/mol. The third kappa shape index (κ3) is 6.89. The van der Waals surface area contributed by atoms with Gasteiger partial charge in [0.2, 0.25) is 0 Å². The Balaban J connectivity index is 1.27. The molecule has 4 rings (SSSR count). The van der Waals surface area contributed by atoms with Crippen LogP contribution in [0.3, 0.4) is 0 Å². The summed E-state index contributed by atoms with van der Waals surface area (Å²) in [4.78, 5) is 16.4. The van der Waals surface area contributed by atoms with E-state index in [2.05, 4.69) is 30.0 Å². The second-order valence-corrected chi connectivity index (χ2v) is 11.9. The number of ether oxygens (including phenoxy) is 3. The molecular formula is C28H41N3O4. The third-order valence-electron chi connectivity index (χ3n) is 7.47. The van der Waals surface area contributed by atoms with Gasteiger partial charge < -0.3 is 24.0 Å². The third-order valence-corrected chi connectivity index (χ3v) is 7.47. The zero-order valence-corrected chi connectivity index (χ0v) is 21.8. The Morgan fingerprint density at radius 2 is 1.77 bits per heavy atom. The summed E-state index contributed by atoms with van der Waals surface area (Å²) in [6.45, 7) is 12.3. The first-order chi connectivity index (χ1) is 16.6. The van der Waals surface area contributed by atoms with Crippen LogP contribution < -0.4 is 4.90 Å². The Kier molecular flexibility index (Phi) is 7.92. The first-order valence-electron chi connectivity index (χ1n) is 13.1. The van der Waals surface area contributed by atoms with Gasteiger partial charge in [0.1, 0.15) is 5.60 Å². The molecule has 1 saturated carbocycles. The molecule has 192 valence electrons. The summed E-state index contributed by atoms with van der Waals surface area (Å²) in [6, 6.07) is 10.1. The van der Waals surface area contributed by atoms with Crippen molar-refractivity contribution in [3.63, 3.8) is 0 Å². The number of amides is 1. The molecule has 0 unspecified atom stereocenters. The van der Waals surface area contributed by atoms with Crippen molar-refractivity contribution in [1.29, 1.82) is 5.26 Å². The van der Waals surface area contributed by atoms with Crippen LogP contribution in [-0.4, -0.2) is 62.3 Å². The first-order valence-corrected chi connectivity index (χ1v) is 13.1. The highest BCUT2D eigenvalue weighted by molar-refractivity contribution is 5.69. The number of benzene rings is 1. The number of rotatable bonds is 6. The minimum absolute atomic E-state index is 0.112. The normalized spacial score (nSPS) is 24.5. The van der Waals surface area contributed by atoms with Crippen molar-refractivity contribution in [3.05, 3.63) is 29.8 Å². The van der Waals surface area contributed by atoms with Crippen LogP contribution >= 0.6 is 0 Å². The molecule has 2 heterocycles. The average Bonchev–Trinajstić information content (AvgIpc) is 2.81. The van der Waals surface area contributed by atoms with E-state index in [1.807, 2.05) is 32.9 Å². The zero-order chi connectivity index (χ0) is 25.1. The number of likely N-dealkylation sites (tertiary alicyclic amines) is 1. The molecule has 3 aliphatic rings. The molecule has 0 bridgehead atoms. The number of carbonyl (C=O) groups excluding carboxylic acids is 1. The molecule has 2 saturated heterocycles. The summed E-state index contributed by atoms with van der Waals surface area (Å²) in [5.74, 6) is 1.54. The lowest BCUT2D eigenvalue weighted by atomic mass is 9.81. The van der Waals surface area contributed by atoms with Crippen molar-refractivity contribution in [3.8, 4) is 6.07 Å². The van der Waals surface area contributed by atoms with Crippen LogP contribution in [0.15, 0.2) is 24.3 Å². The van der Waals surface area contributed by atoms with E-state index >= 15 is 0 Å². The number of nitrogens with zero attached hydrogens (tertiary/aromatic N) is 3. The Morgan fingerprint density at radius 3 is 2.34 bits per heavy atom. The molecule has 0 N–H and O–H groups in total. The van der Waals surface area contributed by atoms with Gasteiger partial charge in [-0.05, 0) is 69.7 Å². The summed E-state index contributed by atoms with van der Waals surface area (Å²) in [5.41, 5.74) is 1.24. The maximum atomic E-state index is 12.3. The molecule has 0 atom stereocenters. The molecule has 1 aromatic rings. The summed E-state index contributed by atoms with van der Waals surface area (Å²) < 4.78 is 17.7. The van der Waals surface area contributed by atoms with Crippen LogP contribution in [0.5, 0.6) is 0 Å². The summed E-state index contributed by atoms with van der Waals surface area (Å²) in [7, 11) is 0. The lowest BCUT2D eigenvalue weighted by molar-refractivity contribution is -0.254. The van der Waals surface area contributed by atoms with E-state index in [0.717, 1.165) is 31.1 Å². The second kappa shape index (κ2) is 10.8. The fourth-order valence-electron chi connectivity index (χ4n) is 5.35. The Bertz CT molecular complexity index is 880. The Morgan fingerprint density at radius 1 is 1.14 bits per heavy atom. The van der Waals surface area contributed by atoms with Gasteiger partial charge in [-0.1, -0.05) is 19.8 Å². The topological polar surface area (TPSA) is 75.0 Å². The van der Waals surface area contributed by atoms with Crippen LogP contribution in [0.4, 0.5) is 10.5 Å². The van der Waals surface area contributed by atoms with E-state index < -0.39 is 5.60 Å². The quantitative estimate of drug-likeness (QED) is 0.554. The van der Waals surface area contributed by atoms with Gasteiger partial charge in [0, 0.05) is 38.3 Å². The standard InChI is InChI=1S/C28H41N3O4/c1-21-5-7-23(8-6-21)16-30(24-11-9-22(15-29)10-12-24)14-13-25-33-19-28(20-34-25)17-31(18-28)26(32)35-27(2,3)4/h9-12,21,23,25H,5-8,13-14,16-20H2,1-4H3. The number of anilines is 1. The van der Waals surface area contributed by atoms with Crippen LogP contribution in [0.1, 0.15) is 65.4 Å². The summed E-state index contributed by atoms with van der Waals surface area (Å²) >= 11 is 0. The highest BCUT2D eigenvalue weighted by Crippen LogP contribution is 2.36. The van der Waals surface area contributed by atoms with Gasteiger partial charge in [-0.25, -0.2) is 4.79 Å². The summed E-state index contributed by atoms with van der Waals surface area (Å²) in [5, 5.41) is 9.17. The van der Waals surface area contributed by atoms with E-state index in [1.165, 1.54) is 25.7 Å². The van der Waals surface area contributed by atoms with Gasteiger partial charge in [0.15, 0.2) is 6.29 Å². The molecule has 1 spiro atoms. The number of hydrogen-bond donors (Lipinski definition) is 0. The minimum Gasteiger partial charge on any atom is -0.444 e. The predicted molar refractivity (Wildman–Crippen MR) is 135 cm³/mol. The molecule has 3 fully saturated rings. The second-order valence-electron chi connectivity index (χ2n) is 11.9. The van der Waals surface area contributed by atoms with Crippen molar-refractivity contribution >= 4 is 11.8 Å². The molecule has 1 amide bonds. The molecule has 35 heavy (non-hydrogen) atoms. The van der Waals surface area contributed by atoms with E-state index in [9.17, 15) is 4.79 Å². The Labute approximate surface area is 210 Å². The predicted octanol–water partition coefficient (Wildman–Crippen LogP) is 5.19. The molecule has 7 nitrogen and oxygen atoms in total. The highest BCUT2D eigenvalue weighted by Gasteiger charge is 2.49. The molecule has 7 heteroatoms. The first kappa shape index (κ1) is 25.8. The smallest absolute Gasteiger partial charge is 0.410 e. The van der Waals surface area contributed by atoms with Crippen molar-refractivity contribution in [2.45, 2.75) is 71.7 Å². The lowest BCUT2D eigenvalue weighted by Crippen LogP contribution is -2.65. The van der Waals surface area contributed by atoms with E-state index in [0.29, 0.717) is 37.8 Å². The Hall–Kier alpha value is -2.30. The van der Waals surface area contributed by atoms with Gasteiger partial charge in [0.05, 0.1) is 30.3 Å². The van der Waals surface area contributed by atoms with Crippen molar-refractivity contribution in [2.75, 3.05) is 44.3 Å². The van der Waals surface area contributed by atoms with Crippen molar-refractivity contribution in [2.24, 2.45) is 17.3 Å². The largest absolute Gasteiger partial charge is 0.444 e. The fourth-order valence-corrected chi connectivity index (χ4v) is 5.35. The SMILES string of the molecule is CC1CCC(CN(CCC2OCC3(CO2)CN(C(=O)OC(C)(C)C)C3)c2ccc(C#N)cc2)CC1. The molecule has 2 aliphatic heterocycles. The summed E-state index contributed by atoms with van der Waals surface area (Å²) in [6.07, 6.45) is 5.47. The van der Waals surface area contributed by atoms with Crippen molar-refractivity contribution in [1.82, 2.24) is 4.90 Å². The minimum atomic E-state index is -0.485. The monoisotopic (exact) mass is 483 g/mol. The molecular weight excluding hydrogens is 442 g/mol. The van der Waals surface area contributed by atoms with Crippen LogP contribution in [0, 0.1) is 28.6 Å². The zero-order valence-electron chi connectivity index (χ0n) is 21.8. The van der Waals surface area contributed by atoms with Gasteiger partial charge in [-0.2, -0.15) is 5.26 Å².